The van der Waals surface area contributed by atoms with Crippen molar-refractivity contribution >= 4 is 49.1 Å². The maximum absolute atomic E-state index is 5.84. The van der Waals surface area contributed by atoms with Crippen molar-refractivity contribution in [3.8, 4) is 0 Å². The van der Waals surface area contributed by atoms with Gasteiger partial charge in [-0.05, 0) is 42.1 Å². The normalized spacial score (nSPS) is 16.8. The van der Waals surface area contributed by atoms with E-state index in [2.05, 4.69) is 40.4 Å². The zero-order chi connectivity index (χ0) is 15.4. The Morgan fingerprint density at radius 1 is 1.09 bits per heavy atom. The largest absolute Gasteiger partial charge is 0.463 e. The zero-order valence-corrected chi connectivity index (χ0v) is 13.8. The van der Waals surface area contributed by atoms with Gasteiger partial charge in [-0.2, -0.15) is 0 Å². The number of anilines is 1. The van der Waals surface area contributed by atoms with Crippen LogP contribution >= 0.6 is 11.3 Å². The summed E-state index contributed by atoms with van der Waals surface area (Å²) >= 11 is 1.76. The first kappa shape index (κ1) is 13.3. The van der Waals surface area contributed by atoms with E-state index in [1.807, 2.05) is 6.07 Å². The molecule has 1 aliphatic rings. The Kier molecular flexibility index (Phi) is 2.87. The fraction of sp³-hybridized carbons (Fsp3) is 0.278. The molecule has 1 saturated heterocycles. The molecule has 1 aromatic carbocycles. The van der Waals surface area contributed by atoms with Crippen LogP contribution in [0.5, 0.6) is 0 Å². The van der Waals surface area contributed by atoms with Gasteiger partial charge in [-0.25, -0.2) is 4.98 Å². The van der Waals surface area contributed by atoms with Crippen molar-refractivity contribution in [1.29, 1.82) is 0 Å². The SMILES string of the molecule is CN1CCN(c2nc3cc4ccsc4cc3c3occc23)CC1. The molecule has 0 bridgehead atoms. The number of fused-ring (bicyclic) bond motifs is 4. The molecule has 0 atom stereocenters. The first-order chi connectivity index (χ1) is 11.3. The molecule has 23 heavy (non-hydrogen) atoms. The minimum atomic E-state index is 0.958. The number of hydrogen-bond acceptors (Lipinski definition) is 5. The molecule has 5 rings (SSSR count). The van der Waals surface area contributed by atoms with E-state index in [-0.39, 0.29) is 0 Å². The smallest absolute Gasteiger partial charge is 0.147 e. The van der Waals surface area contributed by atoms with Crippen LogP contribution in [0.2, 0.25) is 0 Å². The standard InChI is InChI=1S/C18H17N3OS/c1-20-4-6-21(7-5-20)18-13-2-8-22-17(13)14-11-16-12(3-9-23-16)10-15(14)19-18/h2-3,8-11H,4-7H2,1H3. The van der Waals surface area contributed by atoms with Crippen molar-refractivity contribution < 1.29 is 4.42 Å². The van der Waals surface area contributed by atoms with E-state index in [1.165, 1.54) is 10.1 Å². The van der Waals surface area contributed by atoms with Gasteiger partial charge in [0.25, 0.3) is 0 Å². The number of rotatable bonds is 1. The number of furan rings is 1. The van der Waals surface area contributed by atoms with E-state index < -0.39 is 0 Å². The van der Waals surface area contributed by atoms with Crippen molar-refractivity contribution in [1.82, 2.24) is 9.88 Å². The average Bonchev–Trinajstić information content (AvgIpc) is 3.22. The van der Waals surface area contributed by atoms with E-state index in [4.69, 9.17) is 9.40 Å². The Morgan fingerprint density at radius 2 is 1.96 bits per heavy atom. The highest BCUT2D eigenvalue weighted by molar-refractivity contribution is 7.17. The van der Waals surface area contributed by atoms with Crippen LogP contribution in [0, 0.1) is 0 Å². The van der Waals surface area contributed by atoms with Gasteiger partial charge in [0.05, 0.1) is 17.2 Å². The minimum Gasteiger partial charge on any atom is -0.463 e. The summed E-state index contributed by atoms with van der Waals surface area (Å²) in [5, 5.41) is 5.62. The molecule has 0 aliphatic carbocycles. The van der Waals surface area contributed by atoms with Crippen LogP contribution in [0.3, 0.4) is 0 Å². The predicted molar refractivity (Wildman–Crippen MR) is 96.6 cm³/mol. The summed E-state index contributed by atoms with van der Waals surface area (Å²) in [6.07, 6.45) is 1.78. The molecule has 1 fully saturated rings. The molecule has 0 radical (unpaired) electrons. The third-order valence-corrected chi connectivity index (χ3v) is 5.63. The highest BCUT2D eigenvalue weighted by Crippen LogP contribution is 2.35. The molecule has 0 saturated carbocycles. The van der Waals surface area contributed by atoms with Gasteiger partial charge in [-0.1, -0.05) is 0 Å². The Bertz CT molecular complexity index is 1010. The van der Waals surface area contributed by atoms with Gasteiger partial charge in [0.15, 0.2) is 0 Å². The maximum atomic E-state index is 5.84. The summed E-state index contributed by atoms with van der Waals surface area (Å²) in [7, 11) is 2.17. The molecule has 0 unspecified atom stereocenters. The molecule has 4 aromatic rings. The van der Waals surface area contributed by atoms with Gasteiger partial charge in [0, 0.05) is 36.3 Å². The van der Waals surface area contributed by atoms with Gasteiger partial charge in [-0.3, -0.25) is 0 Å². The van der Waals surface area contributed by atoms with Crippen molar-refractivity contribution in [2.24, 2.45) is 0 Å². The van der Waals surface area contributed by atoms with E-state index >= 15 is 0 Å². The van der Waals surface area contributed by atoms with Crippen LogP contribution in [-0.4, -0.2) is 43.1 Å². The van der Waals surface area contributed by atoms with Crippen molar-refractivity contribution in [2.75, 3.05) is 38.1 Å². The number of pyridine rings is 1. The van der Waals surface area contributed by atoms with E-state index in [0.717, 1.165) is 53.9 Å². The second-order valence-corrected chi connectivity index (χ2v) is 7.16. The third-order valence-electron chi connectivity index (χ3n) is 4.75. The highest BCUT2D eigenvalue weighted by Gasteiger charge is 2.20. The fourth-order valence-corrected chi connectivity index (χ4v) is 4.21. The summed E-state index contributed by atoms with van der Waals surface area (Å²) in [5.41, 5.74) is 1.98. The number of benzene rings is 1. The molecule has 3 aromatic heterocycles. The summed E-state index contributed by atoms with van der Waals surface area (Å²) < 4.78 is 7.12. The number of piperazine rings is 1. The lowest BCUT2D eigenvalue weighted by molar-refractivity contribution is 0.312. The molecular formula is C18H17N3OS. The molecule has 0 amide bonds. The van der Waals surface area contributed by atoms with Gasteiger partial charge < -0.3 is 14.2 Å². The third kappa shape index (κ3) is 2.04. The summed E-state index contributed by atoms with van der Waals surface area (Å²) in [6, 6.07) is 8.60. The van der Waals surface area contributed by atoms with Crippen molar-refractivity contribution in [2.45, 2.75) is 0 Å². The summed E-state index contributed by atoms with van der Waals surface area (Å²) in [6.45, 7) is 4.16. The van der Waals surface area contributed by atoms with Crippen molar-refractivity contribution in [3.63, 3.8) is 0 Å². The molecule has 4 nitrogen and oxygen atoms in total. The van der Waals surface area contributed by atoms with E-state index in [1.54, 1.807) is 17.6 Å². The van der Waals surface area contributed by atoms with Gasteiger partial charge in [0.1, 0.15) is 11.4 Å². The molecule has 0 N–H and O–H groups in total. The summed E-state index contributed by atoms with van der Waals surface area (Å²) in [5.74, 6) is 1.06. The molecule has 5 heteroatoms. The Morgan fingerprint density at radius 3 is 2.83 bits per heavy atom. The minimum absolute atomic E-state index is 0.958. The number of aromatic nitrogens is 1. The number of nitrogens with zero attached hydrogens (tertiary/aromatic N) is 3. The second-order valence-electron chi connectivity index (χ2n) is 6.22. The quantitative estimate of drug-likeness (QED) is 0.531. The summed E-state index contributed by atoms with van der Waals surface area (Å²) in [4.78, 5) is 9.75. The number of hydrogen-bond donors (Lipinski definition) is 0. The average molecular weight is 323 g/mol. The lowest BCUT2D eigenvalue weighted by Crippen LogP contribution is -2.44. The van der Waals surface area contributed by atoms with Crippen LogP contribution in [0.15, 0.2) is 40.3 Å². The molecular weight excluding hydrogens is 306 g/mol. The highest BCUT2D eigenvalue weighted by atomic mass is 32.1. The molecule has 4 heterocycles. The number of likely N-dealkylation sites (N-methyl/N-ethyl adjacent to an activating group) is 1. The van der Waals surface area contributed by atoms with Crippen molar-refractivity contribution in [3.05, 3.63) is 35.9 Å². The second kappa shape index (κ2) is 4.94. The van der Waals surface area contributed by atoms with E-state index in [9.17, 15) is 0 Å². The molecule has 116 valence electrons. The van der Waals surface area contributed by atoms with E-state index in [0.29, 0.717) is 0 Å². The van der Waals surface area contributed by atoms with Crippen LogP contribution in [0.4, 0.5) is 5.82 Å². The maximum Gasteiger partial charge on any atom is 0.147 e. The zero-order valence-electron chi connectivity index (χ0n) is 13.0. The van der Waals surface area contributed by atoms with Crippen LogP contribution in [0.1, 0.15) is 0 Å². The lowest BCUT2D eigenvalue weighted by atomic mass is 10.1. The Balaban J connectivity index is 1.77. The molecule has 0 spiro atoms. The van der Waals surface area contributed by atoms with Crippen LogP contribution in [-0.2, 0) is 0 Å². The fourth-order valence-electron chi connectivity index (χ4n) is 3.40. The first-order valence-corrected chi connectivity index (χ1v) is 8.79. The Labute approximate surface area is 137 Å². The van der Waals surface area contributed by atoms with Gasteiger partial charge in [-0.15, -0.1) is 11.3 Å². The number of thiophene rings is 1. The van der Waals surface area contributed by atoms with Crippen LogP contribution < -0.4 is 4.90 Å². The lowest BCUT2D eigenvalue weighted by Gasteiger charge is -2.33. The van der Waals surface area contributed by atoms with Gasteiger partial charge >= 0.3 is 0 Å². The predicted octanol–water partition coefficient (Wildman–Crippen LogP) is 3.95. The van der Waals surface area contributed by atoms with Crippen LogP contribution in [0.25, 0.3) is 32.0 Å². The van der Waals surface area contributed by atoms with Gasteiger partial charge in [0.2, 0.25) is 0 Å². The Hall–Kier alpha value is -2.11. The first-order valence-electron chi connectivity index (χ1n) is 7.91. The topological polar surface area (TPSA) is 32.5 Å². The monoisotopic (exact) mass is 323 g/mol. The molecule has 1 aliphatic heterocycles.